The van der Waals surface area contributed by atoms with E-state index in [0.29, 0.717) is 17.0 Å². The molecule has 0 aliphatic heterocycles. The number of amides is 1. The summed E-state index contributed by atoms with van der Waals surface area (Å²) in [6.07, 6.45) is 4.95. The minimum absolute atomic E-state index is 0.0362. The molecule has 8 nitrogen and oxygen atoms in total. The molecule has 0 fully saturated rings. The Balaban J connectivity index is 1.45. The molecule has 0 spiro atoms. The molecule has 2 N–H and O–H groups in total. The molecule has 2 aromatic heterocycles. The molecule has 0 saturated carbocycles. The lowest BCUT2D eigenvalue weighted by Crippen LogP contribution is -2.23. The van der Waals surface area contributed by atoms with Crippen LogP contribution in [0.1, 0.15) is 16.1 Å². The average Bonchev–Trinajstić information content (AvgIpc) is 3.47. The number of hydrogen-bond donors (Lipinski definition) is 2. The van der Waals surface area contributed by atoms with Gasteiger partial charge in [0.1, 0.15) is 5.76 Å². The Hall–Kier alpha value is -3.69. The lowest BCUT2D eigenvalue weighted by atomic mass is 10.2. The number of benzene rings is 2. The highest BCUT2D eigenvalue weighted by Gasteiger charge is 2.16. The van der Waals surface area contributed by atoms with Crippen LogP contribution in [0.25, 0.3) is 5.69 Å². The van der Waals surface area contributed by atoms with Gasteiger partial charge in [-0.15, -0.1) is 0 Å². The van der Waals surface area contributed by atoms with Gasteiger partial charge in [0.2, 0.25) is 10.0 Å². The molecule has 0 saturated heterocycles. The van der Waals surface area contributed by atoms with Gasteiger partial charge in [0.25, 0.3) is 5.91 Å². The predicted octanol–water partition coefficient (Wildman–Crippen LogP) is 3.20. The monoisotopic (exact) mass is 422 g/mol. The Morgan fingerprint density at radius 2 is 1.87 bits per heavy atom. The quantitative estimate of drug-likeness (QED) is 0.476. The number of hydrogen-bond acceptors (Lipinski definition) is 5. The van der Waals surface area contributed by atoms with Gasteiger partial charge < -0.3 is 9.73 Å². The lowest BCUT2D eigenvalue weighted by molar-refractivity contribution is 0.102. The molecular formula is C21H18N4O4S. The van der Waals surface area contributed by atoms with Gasteiger partial charge in [0, 0.05) is 23.6 Å². The van der Waals surface area contributed by atoms with Crippen LogP contribution in [-0.4, -0.2) is 24.1 Å². The zero-order valence-corrected chi connectivity index (χ0v) is 16.5. The second kappa shape index (κ2) is 8.36. The first-order valence-corrected chi connectivity index (χ1v) is 10.5. The Morgan fingerprint density at radius 1 is 1.03 bits per heavy atom. The van der Waals surface area contributed by atoms with Crippen LogP contribution in [0.2, 0.25) is 0 Å². The van der Waals surface area contributed by atoms with Crippen LogP contribution >= 0.6 is 0 Å². The van der Waals surface area contributed by atoms with Crippen LogP contribution in [0.4, 0.5) is 5.69 Å². The molecule has 0 aliphatic rings. The molecule has 30 heavy (non-hydrogen) atoms. The van der Waals surface area contributed by atoms with Gasteiger partial charge in [-0.2, -0.15) is 5.10 Å². The molecule has 4 rings (SSSR count). The summed E-state index contributed by atoms with van der Waals surface area (Å²) in [7, 11) is -3.76. The van der Waals surface area contributed by atoms with E-state index >= 15 is 0 Å². The first kappa shape index (κ1) is 19.6. The SMILES string of the molecule is O=C(Nc1cccc(S(=O)(=O)NCc2ccco2)c1)c1ccc(-n2cccn2)cc1. The Morgan fingerprint density at radius 3 is 2.57 bits per heavy atom. The van der Waals surface area contributed by atoms with Crippen molar-refractivity contribution in [3.05, 3.63) is 96.7 Å². The van der Waals surface area contributed by atoms with Crippen LogP contribution < -0.4 is 10.0 Å². The van der Waals surface area contributed by atoms with Gasteiger partial charge in [0.15, 0.2) is 0 Å². The molecule has 0 atom stereocenters. The van der Waals surface area contributed by atoms with Crippen molar-refractivity contribution in [1.82, 2.24) is 14.5 Å². The molecule has 9 heteroatoms. The minimum atomic E-state index is -3.76. The lowest BCUT2D eigenvalue weighted by Gasteiger charge is -2.09. The average molecular weight is 422 g/mol. The van der Waals surface area contributed by atoms with E-state index in [4.69, 9.17) is 4.42 Å². The van der Waals surface area contributed by atoms with E-state index < -0.39 is 10.0 Å². The maximum absolute atomic E-state index is 12.5. The van der Waals surface area contributed by atoms with E-state index in [1.54, 1.807) is 65.6 Å². The Bertz CT molecular complexity index is 1230. The molecule has 0 unspecified atom stereocenters. The van der Waals surface area contributed by atoms with Crippen LogP contribution in [0.15, 0.2) is 94.7 Å². The zero-order valence-electron chi connectivity index (χ0n) is 15.7. The summed E-state index contributed by atoms with van der Waals surface area (Å²) in [6, 6.07) is 18.1. The van der Waals surface area contributed by atoms with Crippen molar-refractivity contribution in [1.29, 1.82) is 0 Å². The van der Waals surface area contributed by atoms with E-state index in [0.717, 1.165) is 5.69 Å². The van der Waals surface area contributed by atoms with Crippen molar-refractivity contribution in [3.63, 3.8) is 0 Å². The number of rotatable bonds is 7. The second-order valence-electron chi connectivity index (χ2n) is 6.38. The topological polar surface area (TPSA) is 106 Å². The Labute approximate surface area is 173 Å². The van der Waals surface area contributed by atoms with Crippen molar-refractivity contribution in [2.75, 3.05) is 5.32 Å². The molecule has 1 amide bonds. The van der Waals surface area contributed by atoms with Crippen molar-refractivity contribution < 1.29 is 17.6 Å². The largest absolute Gasteiger partial charge is 0.468 e. The molecular weight excluding hydrogens is 404 g/mol. The molecule has 4 aromatic rings. The van der Waals surface area contributed by atoms with Crippen LogP contribution in [0, 0.1) is 0 Å². The summed E-state index contributed by atoms with van der Waals surface area (Å²) in [5, 5.41) is 6.86. The number of sulfonamides is 1. The summed E-state index contributed by atoms with van der Waals surface area (Å²) >= 11 is 0. The van der Waals surface area contributed by atoms with Crippen molar-refractivity contribution in [2.45, 2.75) is 11.4 Å². The van der Waals surface area contributed by atoms with Crippen molar-refractivity contribution >= 4 is 21.6 Å². The number of nitrogens with one attached hydrogen (secondary N) is 2. The summed E-state index contributed by atoms with van der Waals surface area (Å²) < 4.78 is 34.3. The number of carbonyl (C=O) groups excluding carboxylic acids is 1. The fraction of sp³-hybridized carbons (Fsp3) is 0.0476. The molecule has 0 bridgehead atoms. The van der Waals surface area contributed by atoms with Crippen LogP contribution in [0.3, 0.4) is 0 Å². The van der Waals surface area contributed by atoms with Gasteiger partial charge in [-0.3, -0.25) is 4.79 Å². The maximum Gasteiger partial charge on any atom is 0.255 e. The van der Waals surface area contributed by atoms with Crippen molar-refractivity contribution in [2.24, 2.45) is 0 Å². The summed E-state index contributed by atoms with van der Waals surface area (Å²) in [5.41, 5.74) is 1.64. The predicted molar refractivity (Wildman–Crippen MR) is 111 cm³/mol. The number of nitrogens with zero attached hydrogens (tertiary/aromatic N) is 2. The fourth-order valence-corrected chi connectivity index (χ4v) is 3.83. The van der Waals surface area contributed by atoms with E-state index in [9.17, 15) is 13.2 Å². The third-order valence-electron chi connectivity index (χ3n) is 4.32. The van der Waals surface area contributed by atoms with Gasteiger partial charge in [0.05, 0.1) is 23.4 Å². The van der Waals surface area contributed by atoms with E-state index in [2.05, 4.69) is 15.1 Å². The van der Waals surface area contributed by atoms with E-state index in [1.807, 2.05) is 6.07 Å². The summed E-state index contributed by atoms with van der Waals surface area (Å²) in [4.78, 5) is 12.6. The summed E-state index contributed by atoms with van der Waals surface area (Å²) in [5.74, 6) is 0.154. The van der Waals surface area contributed by atoms with Crippen LogP contribution in [0.5, 0.6) is 0 Å². The van der Waals surface area contributed by atoms with Gasteiger partial charge in [-0.05, 0) is 60.7 Å². The zero-order chi connectivity index (χ0) is 21.0. The molecule has 152 valence electrons. The standard InChI is InChI=1S/C21H18N4O4S/c26-21(16-7-9-18(10-8-16)25-12-3-11-22-25)24-17-4-1-6-20(14-17)30(27,28)23-15-19-5-2-13-29-19/h1-14,23H,15H2,(H,24,26). The van der Waals surface area contributed by atoms with E-state index in [1.165, 1.54) is 18.4 Å². The Kier molecular flexibility index (Phi) is 5.46. The number of carbonyl (C=O) groups is 1. The van der Waals surface area contributed by atoms with Gasteiger partial charge in [-0.25, -0.2) is 17.8 Å². The first-order valence-electron chi connectivity index (χ1n) is 9.05. The molecule has 2 heterocycles. The van der Waals surface area contributed by atoms with E-state index in [-0.39, 0.29) is 17.3 Å². The molecule has 0 aliphatic carbocycles. The highest BCUT2D eigenvalue weighted by atomic mass is 32.2. The van der Waals surface area contributed by atoms with Crippen molar-refractivity contribution in [3.8, 4) is 5.69 Å². The highest BCUT2D eigenvalue weighted by molar-refractivity contribution is 7.89. The molecule has 0 radical (unpaired) electrons. The first-order chi connectivity index (χ1) is 14.5. The van der Waals surface area contributed by atoms with Gasteiger partial charge >= 0.3 is 0 Å². The maximum atomic E-state index is 12.5. The normalized spacial score (nSPS) is 11.3. The minimum Gasteiger partial charge on any atom is -0.468 e. The second-order valence-corrected chi connectivity index (χ2v) is 8.15. The van der Waals surface area contributed by atoms with Crippen LogP contribution in [-0.2, 0) is 16.6 Å². The number of anilines is 1. The number of aromatic nitrogens is 2. The fourth-order valence-electron chi connectivity index (χ4n) is 2.79. The summed E-state index contributed by atoms with van der Waals surface area (Å²) in [6.45, 7) is 0.0362. The highest BCUT2D eigenvalue weighted by Crippen LogP contribution is 2.17. The molecule has 2 aromatic carbocycles. The third-order valence-corrected chi connectivity index (χ3v) is 5.72. The number of furan rings is 1. The smallest absolute Gasteiger partial charge is 0.255 e. The van der Waals surface area contributed by atoms with Gasteiger partial charge in [-0.1, -0.05) is 6.07 Å². The third kappa shape index (κ3) is 4.48.